The number of benzene rings is 1. The molecule has 5 nitrogen and oxygen atoms in total. The van der Waals surface area contributed by atoms with Crippen molar-refractivity contribution in [3.05, 3.63) is 40.4 Å². The molecule has 0 aliphatic heterocycles. The lowest BCUT2D eigenvalue weighted by atomic mass is 10.2. The normalized spacial score (nSPS) is 10.1. The highest BCUT2D eigenvalue weighted by Gasteiger charge is 2.08. The van der Waals surface area contributed by atoms with E-state index < -0.39 is 0 Å². The van der Waals surface area contributed by atoms with Crippen molar-refractivity contribution in [1.29, 1.82) is 5.26 Å². The lowest BCUT2D eigenvalue weighted by Crippen LogP contribution is -2.01. The number of hydrogen-bond donors (Lipinski definition) is 1. The van der Waals surface area contributed by atoms with E-state index in [1.807, 2.05) is 6.07 Å². The molecule has 1 heterocycles. The summed E-state index contributed by atoms with van der Waals surface area (Å²) in [7, 11) is 0. The maximum Gasteiger partial charge on any atom is 0.163 e. The zero-order chi connectivity index (χ0) is 11.5. The number of aliphatic hydroxyl groups excluding tert-OH is 1. The van der Waals surface area contributed by atoms with Crippen LogP contribution in [0.4, 0.5) is 0 Å². The number of aliphatic hydroxyl groups is 1. The largest absolute Gasteiger partial charge is 0.388 e. The third-order valence-corrected chi connectivity index (χ3v) is 2.73. The van der Waals surface area contributed by atoms with E-state index in [4.69, 9.17) is 10.4 Å². The fraction of sp³-hybridized carbons (Fsp3) is 0.100. The average Bonchev–Trinajstić information content (AvgIpc) is 2.76. The van der Waals surface area contributed by atoms with Gasteiger partial charge >= 0.3 is 0 Å². The summed E-state index contributed by atoms with van der Waals surface area (Å²) in [4.78, 5) is 0. The molecule has 2 aromatic rings. The summed E-state index contributed by atoms with van der Waals surface area (Å²) in [6.07, 6.45) is 1.51. The first-order valence-electron chi connectivity index (χ1n) is 4.46. The Labute approximate surface area is 100 Å². The van der Waals surface area contributed by atoms with Crippen LogP contribution < -0.4 is 0 Å². The van der Waals surface area contributed by atoms with Crippen molar-refractivity contribution in [2.45, 2.75) is 6.61 Å². The Bertz CT molecular complexity index is 558. The van der Waals surface area contributed by atoms with Gasteiger partial charge in [-0.2, -0.15) is 5.26 Å². The molecular weight excluding hydrogens is 272 g/mol. The van der Waals surface area contributed by atoms with Crippen LogP contribution in [0.15, 0.2) is 29.0 Å². The van der Waals surface area contributed by atoms with E-state index in [0.717, 1.165) is 10.2 Å². The van der Waals surface area contributed by atoms with Crippen LogP contribution in [0.25, 0.3) is 5.69 Å². The Morgan fingerprint density at radius 2 is 2.31 bits per heavy atom. The molecule has 0 amide bonds. The van der Waals surface area contributed by atoms with Crippen molar-refractivity contribution in [3.8, 4) is 11.8 Å². The zero-order valence-corrected chi connectivity index (χ0v) is 9.72. The topological polar surface area (TPSA) is 74.7 Å². The maximum atomic E-state index is 9.07. The Kier molecular flexibility index (Phi) is 2.99. The summed E-state index contributed by atoms with van der Waals surface area (Å²) in [5.74, 6) is 0.449. The van der Waals surface area contributed by atoms with Crippen LogP contribution in [0.3, 0.4) is 0 Å². The first kappa shape index (κ1) is 10.8. The number of rotatable bonds is 2. The number of hydrogen-bond acceptors (Lipinski definition) is 4. The zero-order valence-electron chi connectivity index (χ0n) is 8.13. The Balaban J connectivity index is 2.53. The summed E-state index contributed by atoms with van der Waals surface area (Å²) >= 11 is 3.36. The minimum absolute atomic E-state index is 0.188. The summed E-state index contributed by atoms with van der Waals surface area (Å²) in [6.45, 7) is -0.188. The number of nitriles is 1. The Morgan fingerprint density at radius 3 is 2.94 bits per heavy atom. The van der Waals surface area contributed by atoms with Crippen molar-refractivity contribution >= 4 is 15.9 Å². The van der Waals surface area contributed by atoms with Crippen molar-refractivity contribution < 1.29 is 5.11 Å². The highest BCUT2D eigenvalue weighted by Crippen LogP contribution is 2.22. The molecule has 0 saturated carbocycles. The predicted molar refractivity (Wildman–Crippen MR) is 59.7 cm³/mol. The Morgan fingerprint density at radius 1 is 1.50 bits per heavy atom. The maximum absolute atomic E-state index is 9.07. The van der Waals surface area contributed by atoms with E-state index in [9.17, 15) is 0 Å². The minimum Gasteiger partial charge on any atom is -0.388 e. The van der Waals surface area contributed by atoms with Crippen LogP contribution in [0.5, 0.6) is 0 Å². The van der Waals surface area contributed by atoms with Crippen molar-refractivity contribution in [2.24, 2.45) is 0 Å². The van der Waals surface area contributed by atoms with Gasteiger partial charge in [-0.1, -0.05) is 0 Å². The van der Waals surface area contributed by atoms with E-state index in [0.29, 0.717) is 11.4 Å². The molecule has 0 spiro atoms. The van der Waals surface area contributed by atoms with Crippen LogP contribution in [0.1, 0.15) is 11.4 Å². The second kappa shape index (κ2) is 4.43. The molecule has 0 aliphatic carbocycles. The van der Waals surface area contributed by atoms with Gasteiger partial charge in [-0.25, -0.2) is 0 Å². The summed E-state index contributed by atoms with van der Waals surface area (Å²) in [5, 5.41) is 25.3. The quantitative estimate of drug-likeness (QED) is 0.901. The summed E-state index contributed by atoms with van der Waals surface area (Å²) in [6, 6.07) is 7.22. The lowest BCUT2D eigenvalue weighted by molar-refractivity contribution is 0.269. The van der Waals surface area contributed by atoms with Crippen molar-refractivity contribution in [1.82, 2.24) is 14.8 Å². The van der Waals surface area contributed by atoms with Gasteiger partial charge in [0.1, 0.15) is 12.9 Å². The number of aromatic nitrogens is 3. The molecule has 80 valence electrons. The van der Waals surface area contributed by atoms with Crippen molar-refractivity contribution in [2.75, 3.05) is 0 Å². The molecule has 0 radical (unpaired) electrons. The third kappa shape index (κ3) is 1.83. The smallest absolute Gasteiger partial charge is 0.163 e. The van der Waals surface area contributed by atoms with Crippen LogP contribution in [0, 0.1) is 11.3 Å². The van der Waals surface area contributed by atoms with Crippen molar-refractivity contribution in [3.63, 3.8) is 0 Å². The van der Waals surface area contributed by atoms with E-state index in [2.05, 4.69) is 26.1 Å². The summed E-state index contributed by atoms with van der Waals surface area (Å²) < 4.78 is 2.41. The van der Waals surface area contributed by atoms with E-state index in [1.54, 1.807) is 22.8 Å². The van der Waals surface area contributed by atoms with Gasteiger partial charge in [-0.05, 0) is 34.1 Å². The molecule has 6 heteroatoms. The van der Waals surface area contributed by atoms with Gasteiger partial charge in [-0.3, -0.25) is 4.57 Å². The van der Waals surface area contributed by atoms with E-state index in [-0.39, 0.29) is 6.61 Å². The second-order valence-electron chi connectivity index (χ2n) is 3.05. The molecule has 0 unspecified atom stereocenters. The van der Waals surface area contributed by atoms with Crippen LogP contribution in [0.2, 0.25) is 0 Å². The minimum atomic E-state index is -0.188. The van der Waals surface area contributed by atoms with Crippen LogP contribution in [-0.4, -0.2) is 19.9 Å². The fourth-order valence-electron chi connectivity index (χ4n) is 1.34. The Hall–Kier alpha value is -1.71. The van der Waals surface area contributed by atoms with Gasteiger partial charge in [0.15, 0.2) is 5.82 Å². The van der Waals surface area contributed by atoms with Gasteiger partial charge in [0, 0.05) is 4.47 Å². The molecule has 0 aliphatic rings. The van der Waals surface area contributed by atoms with Gasteiger partial charge < -0.3 is 5.11 Å². The van der Waals surface area contributed by atoms with Gasteiger partial charge in [0.05, 0.1) is 17.3 Å². The molecule has 1 aromatic heterocycles. The first-order chi connectivity index (χ1) is 7.76. The van der Waals surface area contributed by atoms with Gasteiger partial charge in [-0.15, -0.1) is 10.2 Å². The standard InChI is InChI=1S/C10H7BrN4O/c11-8-3-7(4-12)1-2-9(8)15-6-13-14-10(15)5-16/h1-3,6,16H,5H2. The molecule has 16 heavy (non-hydrogen) atoms. The SMILES string of the molecule is N#Cc1ccc(-n2cnnc2CO)c(Br)c1. The van der Waals surface area contributed by atoms with Gasteiger partial charge in [0.2, 0.25) is 0 Å². The van der Waals surface area contributed by atoms with E-state index in [1.165, 1.54) is 6.33 Å². The highest BCUT2D eigenvalue weighted by atomic mass is 79.9. The monoisotopic (exact) mass is 278 g/mol. The van der Waals surface area contributed by atoms with Gasteiger partial charge in [0.25, 0.3) is 0 Å². The van der Waals surface area contributed by atoms with Crippen LogP contribution >= 0.6 is 15.9 Å². The lowest BCUT2D eigenvalue weighted by Gasteiger charge is -2.07. The second-order valence-corrected chi connectivity index (χ2v) is 3.91. The first-order valence-corrected chi connectivity index (χ1v) is 5.25. The molecule has 0 saturated heterocycles. The fourth-order valence-corrected chi connectivity index (χ4v) is 1.91. The average molecular weight is 279 g/mol. The third-order valence-electron chi connectivity index (χ3n) is 2.10. The molecule has 0 atom stereocenters. The molecular formula is C10H7BrN4O. The number of nitrogens with zero attached hydrogens (tertiary/aromatic N) is 4. The van der Waals surface area contributed by atoms with Crippen LogP contribution in [-0.2, 0) is 6.61 Å². The molecule has 0 bridgehead atoms. The molecule has 0 fully saturated rings. The highest BCUT2D eigenvalue weighted by molar-refractivity contribution is 9.10. The molecule has 1 N–H and O–H groups in total. The molecule has 2 rings (SSSR count). The van der Waals surface area contributed by atoms with E-state index >= 15 is 0 Å². The molecule has 1 aromatic carbocycles. The summed E-state index contributed by atoms with van der Waals surface area (Å²) in [5.41, 5.74) is 1.35. The number of halogens is 1. The predicted octanol–water partition coefficient (Wildman–Crippen LogP) is 1.39.